The molecule has 3 heterocycles. The van der Waals surface area contributed by atoms with Crippen molar-refractivity contribution in [2.75, 3.05) is 40.6 Å². The van der Waals surface area contributed by atoms with Gasteiger partial charge in [0.25, 0.3) is 5.56 Å². The maximum Gasteiger partial charge on any atom is 0.330 e. The Labute approximate surface area is 183 Å². The smallest absolute Gasteiger partial charge is 0.330 e. The third-order valence-electron chi connectivity index (χ3n) is 5.87. The summed E-state index contributed by atoms with van der Waals surface area (Å²) in [5, 5.41) is 6.39. The second kappa shape index (κ2) is 9.79. The summed E-state index contributed by atoms with van der Waals surface area (Å²) in [6.45, 7) is 9.24. The predicted octanol–water partition coefficient (Wildman–Crippen LogP) is 0.323. The highest BCUT2D eigenvalue weighted by molar-refractivity contribution is 7.49. The molecule has 2 fully saturated rings. The molecule has 3 rings (SSSR count). The van der Waals surface area contributed by atoms with E-state index in [1.54, 1.807) is 20.2 Å². The average molecular weight is 456 g/mol. The fourth-order valence-electron chi connectivity index (χ4n) is 4.27. The van der Waals surface area contributed by atoms with Crippen LogP contribution in [-0.4, -0.2) is 78.8 Å². The largest absolute Gasteiger partial charge is 0.366 e. The van der Waals surface area contributed by atoms with Crippen LogP contribution < -0.4 is 21.7 Å². The highest BCUT2D eigenvalue weighted by atomic mass is 31.2. The number of nitrogens with one attached hydrogen (secondary N) is 3. The SMILES string of the molecule is CCOCNP(C)O[C@H]1[C@@H]2[C@H](n3cc(C)c(=O)[nH]c3=O)O[C@@]1(CC)CN2C(=NC)NC. The first-order valence-corrected chi connectivity index (χ1v) is 12.1. The Hall–Kier alpha value is -1.78. The van der Waals surface area contributed by atoms with Crippen molar-refractivity contribution in [1.82, 2.24) is 24.9 Å². The molecule has 174 valence electrons. The first-order chi connectivity index (χ1) is 14.8. The van der Waals surface area contributed by atoms with Gasteiger partial charge in [-0.15, -0.1) is 0 Å². The van der Waals surface area contributed by atoms with Gasteiger partial charge in [0.05, 0.1) is 6.54 Å². The molecular formula is C19H33N6O5P. The zero-order valence-electron chi connectivity index (χ0n) is 19.0. The van der Waals surface area contributed by atoms with Crippen LogP contribution in [0.5, 0.6) is 0 Å². The summed E-state index contributed by atoms with van der Waals surface area (Å²) in [7, 11) is 2.53. The number of H-pyrrole nitrogens is 1. The second-order valence-electron chi connectivity index (χ2n) is 7.64. The summed E-state index contributed by atoms with van der Waals surface area (Å²) in [5.41, 5.74) is -1.10. The van der Waals surface area contributed by atoms with Gasteiger partial charge in [-0.1, -0.05) is 6.92 Å². The molecule has 1 unspecified atom stereocenters. The molecule has 0 radical (unpaired) electrons. The van der Waals surface area contributed by atoms with Gasteiger partial charge in [0.1, 0.15) is 32.8 Å². The number of ether oxygens (including phenoxy) is 2. The van der Waals surface area contributed by atoms with Crippen molar-refractivity contribution in [2.24, 2.45) is 4.99 Å². The molecule has 31 heavy (non-hydrogen) atoms. The third-order valence-corrected chi connectivity index (χ3v) is 6.98. The van der Waals surface area contributed by atoms with E-state index in [-0.39, 0.29) is 12.1 Å². The summed E-state index contributed by atoms with van der Waals surface area (Å²) in [6, 6.07) is -0.312. The third kappa shape index (κ3) is 4.42. The van der Waals surface area contributed by atoms with E-state index in [2.05, 4.69) is 25.3 Å². The molecule has 2 saturated heterocycles. The van der Waals surface area contributed by atoms with Crippen molar-refractivity contribution < 1.29 is 14.0 Å². The average Bonchev–Trinajstić information content (AvgIpc) is 3.21. The number of aliphatic imine (C=N–C) groups is 1. The van der Waals surface area contributed by atoms with Crippen molar-refractivity contribution in [2.45, 2.75) is 51.2 Å². The number of aromatic nitrogens is 2. The highest BCUT2D eigenvalue weighted by Crippen LogP contribution is 2.52. The topological polar surface area (TPSA) is 122 Å². The maximum atomic E-state index is 12.7. The van der Waals surface area contributed by atoms with Gasteiger partial charge in [0.15, 0.2) is 12.2 Å². The number of aromatic amines is 1. The van der Waals surface area contributed by atoms with Crippen LogP contribution in [-0.2, 0) is 14.0 Å². The number of likely N-dealkylation sites (tertiary alicyclic amines) is 1. The molecular weight excluding hydrogens is 423 g/mol. The molecule has 5 atom stereocenters. The lowest BCUT2D eigenvalue weighted by Crippen LogP contribution is -2.53. The Morgan fingerprint density at radius 2 is 2.19 bits per heavy atom. The lowest BCUT2D eigenvalue weighted by Gasteiger charge is -2.38. The number of hydrogen-bond donors (Lipinski definition) is 3. The van der Waals surface area contributed by atoms with Crippen LogP contribution in [0.4, 0.5) is 0 Å². The fourth-order valence-corrected chi connectivity index (χ4v) is 5.28. The summed E-state index contributed by atoms with van der Waals surface area (Å²) in [4.78, 5) is 33.4. The van der Waals surface area contributed by atoms with Gasteiger partial charge >= 0.3 is 5.69 Å². The van der Waals surface area contributed by atoms with Crippen LogP contribution >= 0.6 is 8.30 Å². The number of aryl methyl sites for hydroxylation is 1. The van der Waals surface area contributed by atoms with Gasteiger partial charge in [-0.25, -0.2) is 4.79 Å². The van der Waals surface area contributed by atoms with E-state index in [1.807, 2.05) is 27.6 Å². The fraction of sp³-hybridized carbons (Fsp3) is 0.737. The van der Waals surface area contributed by atoms with Crippen molar-refractivity contribution in [1.29, 1.82) is 0 Å². The van der Waals surface area contributed by atoms with E-state index in [4.69, 9.17) is 14.0 Å². The maximum absolute atomic E-state index is 12.7. The zero-order valence-corrected chi connectivity index (χ0v) is 19.9. The van der Waals surface area contributed by atoms with Crippen LogP contribution in [0.1, 0.15) is 32.1 Å². The normalized spacial score (nSPS) is 28.9. The van der Waals surface area contributed by atoms with E-state index in [1.165, 1.54) is 4.57 Å². The Kier molecular flexibility index (Phi) is 7.54. The van der Waals surface area contributed by atoms with Gasteiger partial charge in [0, 0.05) is 32.5 Å². The molecule has 2 aliphatic heterocycles. The van der Waals surface area contributed by atoms with Crippen LogP contribution in [0.3, 0.4) is 0 Å². The van der Waals surface area contributed by atoms with Crippen LogP contribution in [0.2, 0.25) is 0 Å². The first-order valence-electron chi connectivity index (χ1n) is 10.4. The molecule has 3 N–H and O–H groups in total. The van der Waals surface area contributed by atoms with Gasteiger partial charge in [-0.05, 0) is 26.9 Å². The van der Waals surface area contributed by atoms with Gasteiger partial charge in [0.2, 0.25) is 0 Å². The van der Waals surface area contributed by atoms with Crippen molar-refractivity contribution in [3.8, 4) is 0 Å². The second-order valence-corrected chi connectivity index (χ2v) is 9.16. The van der Waals surface area contributed by atoms with E-state index < -0.39 is 31.4 Å². The van der Waals surface area contributed by atoms with Crippen LogP contribution in [0, 0.1) is 6.92 Å². The predicted molar refractivity (Wildman–Crippen MR) is 119 cm³/mol. The van der Waals surface area contributed by atoms with Crippen LogP contribution in [0.15, 0.2) is 20.8 Å². The molecule has 1 aromatic rings. The van der Waals surface area contributed by atoms with E-state index in [0.717, 1.165) is 0 Å². The monoisotopic (exact) mass is 456 g/mol. The molecule has 0 aliphatic carbocycles. The van der Waals surface area contributed by atoms with Gasteiger partial charge in [-0.3, -0.25) is 24.4 Å². The summed E-state index contributed by atoms with van der Waals surface area (Å²) in [5.74, 6) is 0.694. The number of hydrogen-bond acceptors (Lipinski definition) is 7. The number of fused-ring (bicyclic) bond motifs is 2. The highest BCUT2D eigenvalue weighted by Gasteiger charge is 2.65. The summed E-state index contributed by atoms with van der Waals surface area (Å²) in [6.07, 6.45) is 1.29. The molecule has 2 aliphatic rings. The van der Waals surface area contributed by atoms with E-state index in [0.29, 0.717) is 37.8 Å². The Balaban J connectivity index is 2.00. The zero-order chi connectivity index (χ0) is 22.8. The minimum absolute atomic E-state index is 0.308. The van der Waals surface area contributed by atoms with Crippen molar-refractivity contribution >= 4 is 14.3 Å². The number of rotatable bonds is 8. The quantitative estimate of drug-likeness (QED) is 0.168. The van der Waals surface area contributed by atoms with E-state index >= 15 is 0 Å². The van der Waals surface area contributed by atoms with Gasteiger partial charge in [-0.2, -0.15) is 0 Å². The number of nitrogens with zero attached hydrogens (tertiary/aromatic N) is 3. The number of guanidine groups is 1. The first kappa shape index (κ1) is 23.9. The van der Waals surface area contributed by atoms with Crippen molar-refractivity contribution in [3.63, 3.8) is 0 Å². The van der Waals surface area contributed by atoms with Crippen LogP contribution in [0.25, 0.3) is 0 Å². The van der Waals surface area contributed by atoms with Gasteiger partial charge < -0.3 is 24.2 Å². The molecule has 0 spiro atoms. The Bertz CT molecular complexity index is 920. The molecule has 11 nitrogen and oxygen atoms in total. The molecule has 2 bridgehead atoms. The molecule has 0 aromatic carbocycles. The van der Waals surface area contributed by atoms with E-state index in [9.17, 15) is 9.59 Å². The molecule has 0 amide bonds. The lowest BCUT2D eigenvalue weighted by molar-refractivity contribution is -0.126. The summed E-state index contributed by atoms with van der Waals surface area (Å²) < 4.78 is 19.8. The standard InChI is InChI=1S/C19H33N6O5P/c1-7-19-10-25(17(20-4)21-5)13(14(19)30-31(6)22-11-28-8-2)16(29-19)24-9-12(3)15(26)23-18(24)27/h9,13-14,16,22H,7-8,10-11H2,1-6H3,(H,20,21)(H,23,26,27)/t13-,14+,16-,19+,31?/m1/s1. The lowest BCUT2D eigenvalue weighted by atomic mass is 9.96. The minimum Gasteiger partial charge on any atom is -0.366 e. The Morgan fingerprint density at radius 3 is 2.81 bits per heavy atom. The summed E-state index contributed by atoms with van der Waals surface area (Å²) >= 11 is 0. The Morgan fingerprint density at radius 1 is 1.45 bits per heavy atom. The minimum atomic E-state index is -0.995. The molecule has 12 heteroatoms. The molecule has 0 saturated carbocycles. The van der Waals surface area contributed by atoms with Crippen molar-refractivity contribution in [3.05, 3.63) is 32.6 Å². The number of morpholine rings is 1. The molecule has 1 aromatic heterocycles.